The number of methoxy groups -OCH3 is 2. The van der Waals surface area contributed by atoms with Crippen LogP contribution in [0.4, 0.5) is 9.59 Å². The minimum atomic E-state index is -0.774. The van der Waals surface area contributed by atoms with Crippen LogP contribution in [0.25, 0.3) is 42.2 Å². The van der Waals surface area contributed by atoms with Gasteiger partial charge in [0.25, 0.3) is 0 Å². The highest BCUT2D eigenvalue weighted by atomic mass is 32.1. The molecule has 3 aliphatic rings. The Balaban J connectivity index is 0.973. The van der Waals surface area contributed by atoms with Gasteiger partial charge in [0.2, 0.25) is 11.8 Å². The van der Waals surface area contributed by atoms with Gasteiger partial charge in [0.15, 0.2) is 0 Å². The Bertz CT molecular complexity index is 2440. The number of ether oxygens (including phenoxy) is 4. The zero-order valence-corrected chi connectivity index (χ0v) is 38.5. The predicted octanol–water partition coefficient (Wildman–Crippen LogP) is 7.32. The Labute approximate surface area is 379 Å². The number of carbonyl (C=O) groups excluding carboxylic acids is 4. The molecule has 5 aromatic rings. The summed E-state index contributed by atoms with van der Waals surface area (Å²) in [5, 5.41) is 6.33. The fourth-order valence-corrected chi connectivity index (χ4v) is 10.5. The molecule has 4 amide bonds. The number of aromatic nitrogens is 5. The molecule has 19 heteroatoms. The number of carbonyl (C=O) groups is 4. The lowest BCUT2D eigenvalue weighted by Gasteiger charge is -2.30. The van der Waals surface area contributed by atoms with Gasteiger partial charge in [-0.2, -0.15) is 0 Å². The normalized spacial score (nSPS) is 19.8. The zero-order chi connectivity index (χ0) is 45.1. The van der Waals surface area contributed by atoms with Crippen LogP contribution >= 0.6 is 22.7 Å². The number of amides is 4. The van der Waals surface area contributed by atoms with Crippen molar-refractivity contribution in [2.45, 2.75) is 90.3 Å². The van der Waals surface area contributed by atoms with E-state index in [1.165, 1.54) is 14.2 Å². The molecule has 4 bridgehead atoms. The monoisotopic (exact) mass is 913 g/mol. The summed E-state index contributed by atoms with van der Waals surface area (Å²) in [4.78, 5) is 80.1. The van der Waals surface area contributed by atoms with E-state index in [2.05, 4.69) is 44.9 Å². The molecule has 2 fully saturated rings. The van der Waals surface area contributed by atoms with Gasteiger partial charge in [0.1, 0.15) is 28.7 Å². The number of benzene rings is 1. The lowest BCUT2D eigenvalue weighted by atomic mass is 10.0. The van der Waals surface area contributed by atoms with Crippen LogP contribution < -0.4 is 10.6 Å². The number of alkyl carbamates (subject to hydrolysis) is 2. The Morgan fingerprint density at radius 3 is 2.16 bits per heavy atom. The molecule has 17 nitrogen and oxygen atoms in total. The number of hydrogen-bond acceptors (Lipinski definition) is 13. The molecule has 0 spiro atoms. The van der Waals surface area contributed by atoms with Crippen LogP contribution in [0.3, 0.4) is 0 Å². The summed E-state index contributed by atoms with van der Waals surface area (Å²) in [6.07, 6.45) is 5.13. The molecular weight excluding hydrogens is 859 g/mol. The molecule has 1 aromatic carbocycles. The molecule has 2 saturated heterocycles. The van der Waals surface area contributed by atoms with E-state index in [1.807, 2.05) is 57.1 Å². The number of rotatable bonds is 11. The van der Waals surface area contributed by atoms with Crippen LogP contribution in [0.5, 0.6) is 0 Å². The van der Waals surface area contributed by atoms with E-state index >= 15 is 0 Å². The molecule has 0 saturated carbocycles. The predicted molar refractivity (Wildman–Crippen MR) is 241 cm³/mol. The van der Waals surface area contributed by atoms with Crippen molar-refractivity contribution < 1.29 is 38.1 Å². The van der Waals surface area contributed by atoms with Crippen molar-refractivity contribution in [1.29, 1.82) is 0 Å². The average molecular weight is 914 g/mol. The largest absolute Gasteiger partial charge is 0.453 e. The van der Waals surface area contributed by atoms with Crippen LogP contribution in [-0.4, -0.2) is 117 Å². The maximum Gasteiger partial charge on any atom is 0.407 e. The second kappa shape index (κ2) is 19.6. The first-order valence-corrected chi connectivity index (χ1v) is 23.4. The lowest BCUT2D eigenvalue weighted by molar-refractivity contribution is -0.136. The number of hydrogen-bond donors (Lipinski definition) is 4. The quantitative estimate of drug-likeness (QED) is 0.103. The van der Waals surface area contributed by atoms with Gasteiger partial charge in [-0.15, -0.1) is 22.7 Å². The molecule has 5 atom stereocenters. The molecule has 4 aromatic heterocycles. The van der Waals surface area contributed by atoms with Crippen molar-refractivity contribution >= 4 is 46.7 Å². The number of likely N-dealkylation sites (tertiary alicyclic amines) is 2. The number of H-pyrrole nitrogens is 2. The lowest BCUT2D eigenvalue weighted by Crippen LogP contribution is -2.51. The first-order valence-electron chi connectivity index (χ1n) is 21.7. The van der Waals surface area contributed by atoms with E-state index in [-0.39, 0.29) is 41.8 Å². The standard InChI is InChI=1S/C45H55N9O8S2/c1-24(2)36(51-44(57)59-5)42(55)53-16-7-9-31(53)39-46-20-29(48-39)33-14-15-34(63-33)41-47-21-35(64-41)26-10-12-27(13-11-26)38-30-23-61-17-8-18-62-28-19-32(40(49-30)50-38)54(22-28)43(56)37(25(3)4)52-45(58)60-6/h10-15,20-21,24-25,28,31-32,36-37H,7-9,16-19,22-23H2,1-6H3,(H,46,48)(H,49,50)(H,51,57)(H,52,58)/t28-,31-,32-,36+,37-/m0/s1. The van der Waals surface area contributed by atoms with Gasteiger partial charge in [0.05, 0.1) is 76.9 Å². The smallest absolute Gasteiger partial charge is 0.407 e. The number of imidazole rings is 2. The van der Waals surface area contributed by atoms with Gasteiger partial charge in [-0.1, -0.05) is 52.0 Å². The Hall–Kier alpha value is -5.63. The second-order valence-electron chi connectivity index (χ2n) is 16.9. The van der Waals surface area contributed by atoms with E-state index < -0.39 is 24.3 Å². The number of thiophene rings is 1. The highest BCUT2D eigenvalue weighted by Crippen LogP contribution is 2.41. The fraction of sp³-hybridized carbons (Fsp3) is 0.489. The Kier molecular flexibility index (Phi) is 13.8. The van der Waals surface area contributed by atoms with E-state index in [9.17, 15) is 19.2 Å². The summed E-state index contributed by atoms with van der Waals surface area (Å²) in [5.41, 5.74) is 4.37. The molecule has 0 radical (unpaired) electrons. The van der Waals surface area contributed by atoms with Gasteiger partial charge < -0.3 is 49.3 Å². The minimum Gasteiger partial charge on any atom is -0.453 e. The third-order valence-electron chi connectivity index (χ3n) is 12.0. The van der Waals surface area contributed by atoms with Gasteiger partial charge in [-0.05, 0) is 48.8 Å². The SMILES string of the molecule is COC(=O)N[C@H](C(=O)N1C[C@@H]2C[C@H]1c1nc(-c3ccc(-c4cnc(-c5ccc(-c6cnc([C@@H]7CCCN7C(=O)[C@H](NC(=O)OC)C(C)C)[nH]6)s5)s4)cc3)c([nH]1)COCCCO2)C(C)C. The molecule has 8 rings (SSSR count). The van der Waals surface area contributed by atoms with Crippen LogP contribution in [0, 0.1) is 11.8 Å². The second-order valence-corrected chi connectivity index (χ2v) is 19.1. The molecular formula is C45H55N9O8S2. The third kappa shape index (κ3) is 9.57. The number of nitrogens with zero attached hydrogens (tertiary/aromatic N) is 5. The van der Waals surface area contributed by atoms with E-state index in [1.54, 1.807) is 27.6 Å². The topological polar surface area (TPSA) is 206 Å². The zero-order valence-electron chi connectivity index (χ0n) is 36.8. The van der Waals surface area contributed by atoms with Gasteiger partial charge in [-0.25, -0.2) is 24.5 Å². The molecule has 7 heterocycles. The highest BCUT2D eigenvalue weighted by Gasteiger charge is 2.43. The fourth-order valence-electron chi connectivity index (χ4n) is 8.55. The molecule has 3 aliphatic heterocycles. The molecule has 340 valence electrons. The van der Waals surface area contributed by atoms with Crippen LogP contribution in [-0.2, 0) is 35.1 Å². The summed E-state index contributed by atoms with van der Waals surface area (Å²) in [6.45, 7) is 9.91. The molecule has 64 heavy (non-hydrogen) atoms. The summed E-state index contributed by atoms with van der Waals surface area (Å²) in [5.74, 6) is 0.721. The Morgan fingerprint density at radius 1 is 0.766 bits per heavy atom. The molecule has 4 N–H and O–H groups in total. The third-order valence-corrected chi connectivity index (χ3v) is 14.3. The number of thiazole rings is 1. The average Bonchev–Trinajstić information content (AvgIpc) is 4.15. The van der Waals surface area contributed by atoms with Crippen molar-refractivity contribution in [2.24, 2.45) is 11.8 Å². The van der Waals surface area contributed by atoms with Crippen LogP contribution in [0.15, 0.2) is 48.8 Å². The van der Waals surface area contributed by atoms with Crippen LogP contribution in [0.1, 0.15) is 82.8 Å². The van der Waals surface area contributed by atoms with Crippen molar-refractivity contribution in [2.75, 3.05) is 40.5 Å². The summed E-state index contributed by atoms with van der Waals surface area (Å²) in [7, 11) is 2.57. The number of aromatic amines is 2. The van der Waals surface area contributed by atoms with Gasteiger partial charge in [-0.3, -0.25) is 9.59 Å². The van der Waals surface area contributed by atoms with E-state index in [0.717, 1.165) is 66.5 Å². The Morgan fingerprint density at radius 2 is 1.45 bits per heavy atom. The molecule has 0 aliphatic carbocycles. The van der Waals surface area contributed by atoms with Crippen molar-refractivity contribution in [3.63, 3.8) is 0 Å². The van der Waals surface area contributed by atoms with Crippen molar-refractivity contribution in [3.8, 4) is 42.2 Å². The number of fused-ring (bicyclic) bond motifs is 5. The van der Waals surface area contributed by atoms with E-state index in [4.69, 9.17) is 33.9 Å². The van der Waals surface area contributed by atoms with Gasteiger partial charge in [0, 0.05) is 44.5 Å². The first kappa shape index (κ1) is 45.0. The van der Waals surface area contributed by atoms with E-state index in [0.29, 0.717) is 51.6 Å². The minimum absolute atomic E-state index is 0.115. The van der Waals surface area contributed by atoms with Crippen LogP contribution in [0.2, 0.25) is 0 Å². The maximum absolute atomic E-state index is 14.1. The maximum atomic E-state index is 14.1. The summed E-state index contributed by atoms with van der Waals surface area (Å²) < 4.78 is 21.9. The first-order chi connectivity index (χ1) is 30.9. The van der Waals surface area contributed by atoms with Crippen molar-refractivity contribution in [3.05, 3.63) is 66.1 Å². The van der Waals surface area contributed by atoms with Crippen molar-refractivity contribution in [1.82, 2.24) is 45.4 Å². The summed E-state index contributed by atoms with van der Waals surface area (Å²) >= 11 is 3.23. The number of nitrogens with one attached hydrogen (secondary N) is 4. The summed E-state index contributed by atoms with van der Waals surface area (Å²) in [6, 6.07) is 10.3. The van der Waals surface area contributed by atoms with Gasteiger partial charge >= 0.3 is 12.2 Å². The molecule has 0 unspecified atom stereocenters. The highest BCUT2D eigenvalue weighted by molar-refractivity contribution is 7.24.